The molecule has 1 fully saturated rings. The van der Waals surface area contributed by atoms with Crippen molar-refractivity contribution in [3.8, 4) is 0 Å². The number of carboxylic acid groups (broad SMARTS) is 1. The molecule has 0 aromatic heterocycles. The predicted molar refractivity (Wildman–Crippen MR) is 68.4 cm³/mol. The molecule has 1 aliphatic heterocycles. The van der Waals surface area contributed by atoms with Gasteiger partial charge in [-0.05, 0) is 41.3 Å². The van der Waals surface area contributed by atoms with Crippen LogP contribution in [0.5, 0.6) is 0 Å². The number of carbonyl (C=O) groups excluding carboxylic acids is 2. The monoisotopic (exact) mass is 278 g/mol. The zero-order valence-corrected chi connectivity index (χ0v) is 13.3. The number of ether oxygens (including phenoxy) is 1. The van der Waals surface area contributed by atoms with E-state index in [0.29, 0.717) is 13.0 Å². The van der Waals surface area contributed by atoms with Crippen LogP contribution in [0.4, 0.5) is 4.79 Å². The number of rotatable bonds is 2. The van der Waals surface area contributed by atoms with E-state index >= 15 is 0 Å². The number of amides is 1. The number of likely N-dealkylation sites (N-methyl/N-ethyl adjacent to an activating group) is 1. The summed E-state index contributed by atoms with van der Waals surface area (Å²) in [5.41, 5.74) is -0.584. The largest absolute Gasteiger partial charge is 1.00 e. The third-order valence-corrected chi connectivity index (χ3v) is 3.14. The van der Waals surface area contributed by atoms with E-state index in [4.69, 9.17) is 4.74 Å². The van der Waals surface area contributed by atoms with Gasteiger partial charge in [-0.3, -0.25) is 0 Å². The quantitative estimate of drug-likeness (QED) is 0.501. The standard InChI is InChI=1S/C13H24N2O4.Li/c1-13(2,3)19-12(18)15-7-9(11(16)17)6-10(8-15)14(4)5;/h9-10H,6-8H2,1-5H3,(H,16,17);/q;+1/p-1. The SMILES string of the molecule is CN(C)C1CC(C(=O)[O-])CN(C(=O)OC(C)(C)C)C1.[Li+]. The Kier molecular flexibility index (Phi) is 7.09. The summed E-state index contributed by atoms with van der Waals surface area (Å²) in [6, 6.07) is 0.00386. The first-order valence-corrected chi connectivity index (χ1v) is 6.45. The van der Waals surface area contributed by atoms with Crippen LogP contribution in [0.3, 0.4) is 0 Å². The van der Waals surface area contributed by atoms with Crippen molar-refractivity contribution in [2.75, 3.05) is 27.2 Å². The van der Waals surface area contributed by atoms with Crippen LogP contribution in [0.25, 0.3) is 0 Å². The first-order valence-electron chi connectivity index (χ1n) is 6.45. The van der Waals surface area contributed by atoms with Crippen LogP contribution in [-0.2, 0) is 9.53 Å². The number of aliphatic carboxylic acids is 1. The summed E-state index contributed by atoms with van der Waals surface area (Å²) >= 11 is 0. The van der Waals surface area contributed by atoms with Gasteiger partial charge in [0.1, 0.15) is 5.60 Å². The Morgan fingerprint density at radius 3 is 2.20 bits per heavy atom. The van der Waals surface area contributed by atoms with Gasteiger partial charge in [-0.2, -0.15) is 0 Å². The zero-order valence-electron chi connectivity index (χ0n) is 13.3. The average molecular weight is 278 g/mol. The molecule has 20 heavy (non-hydrogen) atoms. The van der Waals surface area contributed by atoms with Crippen molar-refractivity contribution in [1.29, 1.82) is 0 Å². The van der Waals surface area contributed by atoms with Gasteiger partial charge < -0.3 is 24.4 Å². The molecule has 2 atom stereocenters. The van der Waals surface area contributed by atoms with E-state index in [9.17, 15) is 14.7 Å². The molecular weight excluding hydrogens is 255 g/mol. The second-order valence-corrected chi connectivity index (χ2v) is 6.25. The Morgan fingerprint density at radius 1 is 1.25 bits per heavy atom. The fourth-order valence-electron chi connectivity index (χ4n) is 2.09. The number of nitrogens with zero attached hydrogens (tertiary/aromatic N) is 2. The van der Waals surface area contributed by atoms with Crippen molar-refractivity contribution in [3.63, 3.8) is 0 Å². The fourth-order valence-corrected chi connectivity index (χ4v) is 2.09. The maximum absolute atomic E-state index is 12.0. The van der Waals surface area contributed by atoms with Crippen LogP contribution in [0, 0.1) is 5.92 Å². The zero-order chi connectivity index (χ0) is 14.8. The Hall–Kier alpha value is -0.703. The van der Waals surface area contributed by atoms with Crippen molar-refractivity contribution in [3.05, 3.63) is 0 Å². The van der Waals surface area contributed by atoms with Crippen LogP contribution >= 0.6 is 0 Å². The Balaban J connectivity index is 0.00000361. The molecule has 0 saturated carbocycles. The number of carbonyl (C=O) groups is 2. The van der Waals surface area contributed by atoms with Crippen LogP contribution in [0.2, 0.25) is 0 Å². The third-order valence-electron chi connectivity index (χ3n) is 3.14. The maximum atomic E-state index is 12.0. The first-order chi connectivity index (χ1) is 8.60. The van der Waals surface area contributed by atoms with Gasteiger partial charge in [0.2, 0.25) is 0 Å². The molecule has 0 bridgehead atoms. The second-order valence-electron chi connectivity index (χ2n) is 6.25. The van der Waals surface area contributed by atoms with Crippen LogP contribution in [0.1, 0.15) is 27.2 Å². The van der Waals surface area contributed by atoms with Crippen molar-refractivity contribution in [2.45, 2.75) is 38.8 Å². The average Bonchev–Trinajstić information content (AvgIpc) is 2.25. The minimum absolute atomic E-state index is 0. The van der Waals surface area contributed by atoms with Gasteiger partial charge in [-0.15, -0.1) is 0 Å². The van der Waals surface area contributed by atoms with Crippen molar-refractivity contribution in [2.24, 2.45) is 5.92 Å². The van der Waals surface area contributed by atoms with E-state index in [1.807, 2.05) is 19.0 Å². The van der Waals surface area contributed by atoms with Gasteiger partial charge in [0, 0.05) is 31.0 Å². The summed E-state index contributed by atoms with van der Waals surface area (Å²) in [7, 11) is 3.74. The molecular formula is C13H23LiN2O4. The van der Waals surface area contributed by atoms with Gasteiger partial charge >= 0.3 is 25.0 Å². The summed E-state index contributed by atoms with van der Waals surface area (Å²) in [5, 5.41) is 11.1. The van der Waals surface area contributed by atoms with Crippen LogP contribution in [-0.4, -0.2) is 60.7 Å². The van der Waals surface area contributed by atoms with E-state index in [1.54, 1.807) is 20.8 Å². The van der Waals surface area contributed by atoms with Crippen molar-refractivity contribution >= 4 is 12.1 Å². The van der Waals surface area contributed by atoms with Gasteiger partial charge in [0.25, 0.3) is 0 Å². The molecule has 0 N–H and O–H groups in total. The summed E-state index contributed by atoms with van der Waals surface area (Å²) in [6.45, 7) is 5.99. The molecule has 2 unspecified atom stereocenters. The number of carboxylic acids is 1. The van der Waals surface area contributed by atoms with Gasteiger partial charge in [0.05, 0.1) is 0 Å². The van der Waals surface area contributed by atoms with Crippen LogP contribution < -0.4 is 24.0 Å². The maximum Gasteiger partial charge on any atom is 1.00 e. The molecule has 1 heterocycles. The summed E-state index contributed by atoms with van der Waals surface area (Å²) in [6.07, 6.45) is 0.0274. The molecule has 0 aliphatic carbocycles. The molecule has 0 aromatic rings. The van der Waals surface area contributed by atoms with Crippen LogP contribution in [0.15, 0.2) is 0 Å². The van der Waals surface area contributed by atoms with Gasteiger partial charge in [-0.1, -0.05) is 0 Å². The minimum atomic E-state index is -1.11. The second kappa shape index (κ2) is 7.35. The smallest absolute Gasteiger partial charge is 0.550 e. The number of hydrogen-bond donors (Lipinski definition) is 0. The summed E-state index contributed by atoms with van der Waals surface area (Å²) in [5.74, 6) is -1.76. The minimum Gasteiger partial charge on any atom is -0.550 e. The van der Waals surface area contributed by atoms with E-state index < -0.39 is 23.6 Å². The molecule has 6 nitrogen and oxygen atoms in total. The van der Waals surface area contributed by atoms with Crippen molar-refractivity contribution < 1.29 is 38.3 Å². The van der Waals surface area contributed by atoms with Gasteiger partial charge in [0.15, 0.2) is 0 Å². The van der Waals surface area contributed by atoms with E-state index in [0.717, 1.165) is 0 Å². The summed E-state index contributed by atoms with van der Waals surface area (Å²) < 4.78 is 5.29. The fraction of sp³-hybridized carbons (Fsp3) is 0.846. The molecule has 0 spiro atoms. The number of likely N-dealkylation sites (tertiary alicyclic amines) is 1. The predicted octanol–water partition coefficient (Wildman–Crippen LogP) is -3.07. The first kappa shape index (κ1) is 19.3. The third kappa shape index (κ3) is 5.74. The Morgan fingerprint density at radius 2 is 1.80 bits per heavy atom. The summed E-state index contributed by atoms with van der Waals surface area (Å²) in [4.78, 5) is 26.5. The topological polar surface area (TPSA) is 72.9 Å². The van der Waals surface area contributed by atoms with E-state index in [2.05, 4.69) is 0 Å². The molecule has 1 saturated heterocycles. The molecule has 0 aromatic carbocycles. The van der Waals surface area contributed by atoms with E-state index in [-0.39, 0.29) is 31.4 Å². The normalized spacial score (nSPS) is 23.2. The number of hydrogen-bond acceptors (Lipinski definition) is 5. The Bertz CT molecular complexity index is 355. The van der Waals surface area contributed by atoms with E-state index in [1.165, 1.54) is 4.90 Å². The molecule has 110 valence electrons. The van der Waals surface area contributed by atoms with Crippen molar-refractivity contribution in [1.82, 2.24) is 9.80 Å². The Labute approximate surface area is 132 Å². The molecule has 7 heteroatoms. The number of piperidine rings is 1. The molecule has 1 rings (SSSR count). The van der Waals surface area contributed by atoms with Gasteiger partial charge in [-0.25, -0.2) is 4.79 Å². The molecule has 1 aliphatic rings. The molecule has 1 amide bonds. The molecule has 0 radical (unpaired) electrons.